The Hall–Kier alpha value is -0.980. The van der Waals surface area contributed by atoms with Gasteiger partial charge in [0, 0.05) is 0 Å². The lowest BCUT2D eigenvalue weighted by Gasteiger charge is -2.13. The first-order chi connectivity index (χ1) is 7.06. The SMILES string of the molecule is CCCCc1cc(C)c(O)c(C(C)C)c1. The van der Waals surface area contributed by atoms with Crippen molar-refractivity contribution in [3.05, 3.63) is 28.8 Å². The fourth-order valence-corrected chi connectivity index (χ4v) is 1.85. The van der Waals surface area contributed by atoms with Gasteiger partial charge in [-0.25, -0.2) is 0 Å². The van der Waals surface area contributed by atoms with Gasteiger partial charge in [-0.15, -0.1) is 0 Å². The smallest absolute Gasteiger partial charge is 0.121 e. The van der Waals surface area contributed by atoms with E-state index in [-0.39, 0.29) is 0 Å². The molecule has 0 bridgehead atoms. The first-order valence-corrected chi connectivity index (χ1v) is 5.88. The summed E-state index contributed by atoms with van der Waals surface area (Å²) in [7, 11) is 0. The predicted molar refractivity (Wildman–Crippen MR) is 65.5 cm³/mol. The van der Waals surface area contributed by atoms with Gasteiger partial charge in [-0.2, -0.15) is 0 Å². The van der Waals surface area contributed by atoms with Gasteiger partial charge < -0.3 is 5.11 Å². The van der Waals surface area contributed by atoms with E-state index in [1.54, 1.807) is 0 Å². The van der Waals surface area contributed by atoms with Gasteiger partial charge >= 0.3 is 0 Å². The molecule has 0 atom stereocenters. The molecular formula is C14H22O. The van der Waals surface area contributed by atoms with Gasteiger partial charge in [-0.05, 0) is 42.4 Å². The molecule has 0 saturated carbocycles. The van der Waals surface area contributed by atoms with E-state index >= 15 is 0 Å². The van der Waals surface area contributed by atoms with Crippen molar-refractivity contribution in [3.63, 3.8) is 0 Å². The normalized spacial score (nSPS) is 11.0. The van der Waals surface area contributed by atoms with Crippen LogP contribution in [0.3, 0.4) is 0 Å². The van der Waals surface area contributed by atoms with Crippen molar-refractivity contribution in [2.75, 3.05) is 0 Å². The van der Waals surface area contributed by atoms with Crippen molar-refractivity contribution >= 4 is 0 Å². The summed E-state index contributed by atoms with van der Waals surface area (Å²) in [4.78, 5) is 0. The zero-order chi connectivity index (χ0) is 11.4. The Morgan fingerprint density at radius 2 is 1.93 bits per heavy atom. The molecule has 1 heteroatoms. The molecule has 84 valence electrons. The highest BCUT2D eigenvalue weighted by atomic mass is 16.3. The van der Waals surface area contributed by atoms with Crippen LogP contribution < -0.4 is 0 Å². The van der Waals surface area contributed by atoms with Gasteiger partial charge in [0.25, 0.3) is 0 Å². The molecule has 1 aromatic rings. The van der Waals surface area contributed by atoms with Gasteiger partial charge in [-0.1, -0.05) is 39.3 Å². The molecule has 0 saturated heterocycles. The van der Waals surface area contributed by atoms with Gasteiger partial charge in [0.2, 0.25) is 0 Å². The minimum Gasteiger partial charge on any atom is -0.507 e. The number of phenolic OH excluding ortho intramolecular Hbond substituents is 1. The molecule has 0 radical (unpaired) electrons. The molecule has 0 aromatic heterocycles. The minimum absolute atomic E-state index is 0.394. The zero-order valence-corrected chi connectivity index (χ0v) is 10.3. The van der Waals surface area contributed by atoms with Crippen LogP contribution >= 0.6 is 0 Å². The second-order valence-corrected chi connectivity index (χ2v) is 4.61. The Bertz CT molecular complexity index is 326. The lowest BCUT2D eigenvalue weighted by atomic mass is 9.95. The zero-order valence-electron chi connectivity index (χ0n) is 10.3. The Balaban J connectivity index is 3.00. The van der Waals surface area contributed by atoms with Crippen molar-refractivity contribution in [2.24, 2.45) is 0 Å². The topological polar surface area (TPSA) is 20.2 Å². The molecule has 0 aliphatic rings. The highest BCUT2D eigenvalue weighted by Gasteiger charge is 2.09. The van der Waals surface area contributed by atoms with Crippen molar-refractivity contribution in [2.45, 2.75) is 52.9 Å². The summed E-state index contributed by atoms with van der Waals surface area (Å²) >= 11 is 0. The highest BCUT2D eigenvalue weighted by Crippen LogP contribution is 2.30. The summed E-state index contributed by atoms with van der Waals surface area (Å²) in [6.07, 6.45) is 3.57. The number of aryl methyl sites for hydroxylation is 2. The van der Waals surface area contributed by atoms with Crippen LogP contribution in [-0.4, -0.2) is 5.11 Å². The molecule has 0 aliphatic carbocycles. The molecule has 1 rings (SSSR count). The first-order valence-electron chi connectivity index (χ1n) is 5.88. The quantitative estimate of drug-likeness (QED) is 0.784. The van der Waals surface area contributed by atoms with Gasteiger partial charge in [0.15, 0.2) is 0 Å². The predicted octanol–water partition coefficient (Wildman–Crippen LogP) is 4.17. The maximum absolute atomic E-state index is 9.92. The van der Waals surface area contributed by atoms with Crippen LogP contribution in [0, 0.1) is 6.92 Å². The van der Waals surface area contributed by atoms with Crippen LogP contribution in [0.5, 0.6) is 5.75 Å². The van der Waals surface area contributed by atoms with E-state index in [4.69, 9.17) is 0 Å². The molecule has 15 heavy (non-hydrogen) atoms. The first kappa shape index (κ1) is 12.1. The van der Waals surface area contributed by atoms with Crippen molar-refractivity contribution in [1.29, 1.82) is 0 Å². The third-order valence-corrected chi connectivity index (χ3v) is 2.83. The molecule has 0 spiro atoms. The van der Waals surface area contributed by atoms with Crippen molar-refractivity contribution < 1.29 is 5.11 Å². The number of benzene rings is 1. The number of aromatic hydroxyl groups is 1. The summed E-state index contributed by atoms with van der Waals surface area (Å²) < 4.78 is 0. The third kappa shape index (κ3) is 2.98. The average molecular weight is 206 g/mol. The van der Waals surface area contributed by atoms with Crippen LogP contribution in [0.2, 0.25) is 0 Å². The maximum Gasteiger partial charge on any atom is 0.121 e. The van der Waals surface area contributed by atoms with Crippen LogP contribution in [-0.2, 0) is 6.42 Å². The summed E-state index contributed by atoms with van der Waals surface area (Å²) in [6.45, 7) is 8.43. The summed E-state index contributed by atoms with van der Waals surface area (Å²) in [5, 5.41) is 9.92. The number of phenols is 1. The number of hydrogen-bond donors (Lipinski definition) is 1. The lowest BCUT2D eigenvalue weighted by Crippen LogP contribution is -1.94. The second-order valence-electron chi connectivity index (χ2n) is 4.61. The van der Waals surface area contributed by atoms with E-state index in [1.807, 2.05) is 6.92 Å². The molecule has 0 aliphatic heterocycles. The van der Waals surface area contributed by atoms with Crippen LogP contribution in [0.1, 0.15) is 56.2 Å². The van der Waals surface area contributed by atoms with E-state index < -0.39 is 0 Å². The average Bonchev–Trinajstić information content (AvgIpc) is 2.19. The number of unbranched alkanes of at least 4 members (excludes halogenated alkanes) is 1. The highest BCUT2D eigenvalue weighted by molar-refractivity contribution is 5.44. The summed E-state index contributed by atoms with van der Waals surface area (Å²) in [6, 6.07) is 4.26. The van der Waals surface area contributed by atoms with E-state index in [0.717, 1.165) is 17.5 Å². The Labute approximate surface area is 93.1 Å². The Morgan fingerprint density at radius 1 is 1.27 bits per heavy atom. The van der Waals surface area contributed by atoms with Gasteiger partial charge in [0.1, 0.15) is 5.75 Å². The minimum atomic E-state index is 0.394. The Kier molecular flexibility index (Phi) is 4.19. The Morgan fingerprint density at radius 3 is 2.47 bits per heavy atom. The standard InChI is InChI=1S/C14H22O/c1-5-6-7-12-8-11(4)14(15)13(9-12)10(2)3/h8-10,15H,5-7H2,1-4H3. The van der Waals surface area contributed by atoms with Crippen LogP contribution in [0.25, 0.3) is 0 Å². The second kappa shape index (κ2) is 5.20. The molecule has 0 unspecified atom stereocenters. The third-order valence-electron chi connectivity index (χ3n) is 2.83. The molecule has 0 fully saturated rings. The largest absolute Gasteiger partial charge is 0.507 e. The van der Waals surface area contributed by atoms with Crippen molar-refractivity contribution in [3.8, 4) is 5.75 Å². The molecule has 1 nitrogen and oxygen atoms in total. The van der Waals surface area contributed by atoms with Crippen LogP contribution in [0.4, 0.5) is 0 Å². The number of rotatable bonds is 4. The van der Waals surface area contributed by atoms with E-state index in [1.165, 1.54) is 18.4 Å². The van der Waals surface area contributed by atoms with E-state index in [0.29, 0.717) is 11.7 Å². The molecule has 1 aromatic carbocycles. The lowest BCUT2D eigenvalue weighted by molar-refractivity contribution is 0.460. The van der Waals surface area contributed by atoms with Gasteiger partial charge in [-0.3, -0.25) is 0 Å². The number of hydrogen-bond acceptors (Lipinski definition) is 1. The summed E-state index contributed by atoms with van der Waals surface area (Å²) in [5.41, 5.74) is 3.45. The van der Waals surface area contributed by atoms with E-state index in [9.17, 15) is 5.11 Å². The molecule has 1 N–H and O–H groups in total. The molecule has 0 amide bonds. The fourth-order valence-electron chi connectivity index (χ4n) is 1.85. The molecular weight excluding hydrogens is 184 g/mol. The maximum atomic E-state index is 9.92. The van der Waals surface area contributed by atoms with Crippen molar-refractivity contribution in [1.82, 2.24) is 0 Å². The van der Waals surface area contributed by atoms with Crippen LogP contribution in [0.15, 0.2) is 12.1 Å². The van der Waals surface area contributed by atoms with E-state index in [2.05, 4.69) is 32.9 Å². The monoisotopic (exact) mass is 206 g/mol. The molecule has 0 heterocycles. The van der Waals surface area contributed by atoms with Gasteiger partial charge in [0.05, 0.1) is 0 Å². The summed E-state index contributed by atoms with van der Waals surface area (Å²) in [5.74, 6) is 0.871. The fraction of sp³-hybridized carbons (Fsp3) is 0.571.